The molecular weight excluding hydrogens is 262 g/mol. The topological polar surface area (TPSA) is 76.1 Å². The number of hydrogen-bond acceptors (Lipinski definition) is 5. The van der Waals surface area contributed by atoms with Gasteiger partial charge in [0.15, 0.2) is 0 Å². The molecule has 1 amide bonds. The van der Waals surface area contributed by atoms with E-state index in [9.17, 15) is 9.59 Å². The molecule has 0 unspecified atom stereocenters. The van der Waals surface area contributed by atoms with Crippen LogP contribution in [-0.4, -0.2) is 41.6 Å². The van der Waals surface area contributed by atoms with E-state index in [2.05, 4.69) is 0 Å². The van der Waals surface area contributed by atoms with Crippen molar-refractivity contribution in [2.45, 2.75) is 32.1 Å². The summed E-state index contributed by atoms with van der Waals surface area (Å²) in [6.07, 6.45) is 9.16. The summed E-state index contributed by atoms with van der Waals surface area (Å²) in [6, 6.07) is 0. The average molecular weight is 283 g/mol. The van der Waals surface area contributed by atoms with Crippen LogP contribution in [0.25, 0.3) is 0 Å². The van der Waals surface area contributed by atoms with Gasteiger partial charge in [-0.2, -0.15) is 0 Å². The second kappa shape index (κ2) is 10.0. The lowest BCUT2D eigenvalue weighted by molar-refractivity contribution is -0.137. The van der Waals surface area contributed by atoms with Crippen molar-refractivity contribution in [2.75, 3.05) is 19.8 Å². The number of amides is 1. The minimum absolute atomic E-state index is 0.0621. The Balaban J connectivity index is 2.23. The summed E-state index contributed by atoms with van der Waals surface area (Å²) in [5.74, 6) is -0.375. The average Bonchev–Trinajstić information content (AvgIpc) is 2.64. The van der Waals surface area contributed by atoms with Crippen LogP contribution in [0, 0.1) is 0 Å². The molecule has 0 aromatic carbocycles. The highest BCUT2D eigenvalue weighted by molar-refractivity contribution is 5.77. The maximum absolute atomic E-state index is 11.6. The zero-order chi connectivity index (χ0) is 14.6. The number of ether oxygens (including phenoxy) is 2. The Morgan fingerprint density at radius 1 is 1.30 bits per heavy atom. The van der Waals surface area contributed by atoms with Crippen molar-refractivity contribution in [2.24, 2.45) is 0 Å². The quantitative estimate of drug-likeness (QED) is 0.433. The maximum Gasteiger partial charge on any atom is 0.314 e. The summed E-state index contributed by atoms with van der Waals surface area (Å²) in [6.45, 7) is 0.797. The molecule has 0 bridgehead atoms. The first-order valence-corrected chi connectivity index (χ1v) is 6.77. The second-order valence-corrected chi connectivity index (χ2v) is 4.34. The maximum atomic E-state index is 11.6. The molecule has 1 aliphatic rings. The molecule has 1 N–H and O–H groups in total. The highest BCUT2D eigenvalue weighted by Gasteiger charge is 2.13. The van der Waals surface area contributed by atoms with Gasteiger partial charge in [-0.3, -0.25) is 9.59 Å². The molecule has 6 nitrogen and oxygen atoms in total. The van der Waals surface area contributed by atoms with E-state index in [1.165, 1.54) is 24.8 Å². The lowest BCUT2D eigenvalue weighted by Gasteiger charge is -2.14. The number of carbonyl (C=O) groups excluding carboxylic acids is 2. The van der Waals surface area contributed by atoms with Gasteiger partial charge in [-0.05, 0) is 18.9 Å². The Kier molecular flexibility index (Phi) is 8.14. The Hall–Kier alpha value is -1.82. The first-order chi connectivity index (χ1) is 9.74. The largest absolute Gasteiger partial charge is 0.499 e. The number of rotatable bonds is 7. The van der Waals surface area contributed by atoms with Gasteiger partial charge in [0.2, 0.25) is 5.91 Å². The lowest BCUT2D eigenvalue weighted by Crippen LogP contribution is -2.24. The van der Waals surface area contributed by atoms with Crippen LogP contribution < -0.4 is 0 Å². The van der Waals surface area contributed by atoms with Crippen molar-refractivity contribution in [1.29, 1.82) is 0 Å². The molecule has 0 aliphatic carbocycles. The zero-order valence-corrected chi connectivity index (χ0v) is 11.5. The third-order valence-electron chi connectivity index (χ3n) is 2.74. The normalized spacial score (nSPS) is 16.6. The fourth-order valence-electron chi connectivity index (χ4n) is 1.72. The van der Waals surface area contributed by atoms with Crippen molar-refractivity contribution >= 4 is 11.9 Å². The van der Waals surface area contributed by atoms with Crippen molar-refractivity contribution in [3.05, 3.63) is 24.8 Å². The van der Waals surface area contributed by atoms with Crippen LogP contribution in [0.1, 0.15) is 32.1 Å². The Labute approximate surface area is 118 Å². The Morgan fingerprint density at radius 3 is 2.95 bits per heavy atom. The zero-order valence-electron chi connectivity index (χ0n) is 11.5. The van der Waals surface area contributed by atoms with Gasteiger partial charge in [0.25, 0.3) is 0 Å². The molecule has 0 saturated carbocycles. The molecule has 0 atom stereocenters. The van der Waals surface area contributed by atoms with E-state index >= 15 is 0 Å². The van der Waals surface area contributed by atoms with E-state index < -0.39 is 5.97 Å². The minimum Gasteiger partial charge on any atom is -0.499 e. The highest BCUT2D eigenvalue weighted by Crippen LogP contribution is 2.11. The second-order valence-electron chi connectivity index (χ2n) is 4.34. The molecule has 6 heteroatoms. The first-order valence-electron chi connectivity index (χ1n) is 6.77. The molecule has 20 heavy (non-hydrogen) atoms. The molecule has 1 fully saturated rings. The van der Waals surface area contributed by atoms with E-state index in [-0.39, 0.29) is 25.5 Å². The van der Waals surface area contributed by atoms with Crippen molar-refractivity contribution in [3.63, 3.8) is 0 Å². The summed E-state index contributed by atoms with van der Waals surface area (Å²) < 4.78 is 9.72. The summed E-state index contributed by atoms with van der Waals surface area (Å²) >= 11 is 0. The Morgan fingerprint density at radius 2 is 2.15 bits per heavy atom. The molecule has 1 aliphatic heterocycles. The van der Waals surface area contributed by atoms with Gasteiger partial charge < -0.3 is 19.5 Å². The molecule has 0 radical (unpaired) electrons. The Bertz CT molecular complexity index is 365. The van der Waals surface area contributed by atoms with Crippen molar-refractivity contribution < 1.29 is 24.2 Å². The monoisotopic (exact) mass is 283 g/mol. The van der Waals surface area contributed by atoms with Crippen LogP contribution in [0.15, 0.2) is 24.8 Å². The van der Waals surface area contributed by atoms with E-state index in [1.807, 2.05) is 0 Å². The van der Waals surface area contributed by atoms with Gasteiger partial charge in [0.1, 0.15) is 12.9 Å². The minimum atomic E-state index is -0.438. The lowest BCUT2D eigenvalue weighted by atomic mass is 10.2. The number of nitrogens with zero attached hydrogens (tertiary/aromatic N) is 1. The van der Waals surface area contributed by atoms with Gasteiger partial charge in [0.05, 0.1) is 19.3 Å². The van der Waals surface area contributed by atoms with Crippen LogP contribution in [0.5, 0.6) is 0 Å². The number of carbonyl (C=O) groups is 2. The van der Waals surface area contributed by atoms with Gasteiger partial charge in [0, 0.05) is 19.2 Å². The number of hydrogen-bond donors (Lipinski definition) is 1. The van der Waals surface area contributed by atoms with Crippen LogP contribution in [-0.2, 0) is 19.1 Å². The SMILES string of the molecule is O=C(CC=COCCO)OC=CN1CCCCCC1=O. The van der Waals surface area contributed by atoms with Crippen LogP contribution in [0.3, 0.4) is 0 Å². The molecule has 0 aromatic rings. The third kappa shape index (κ3) is 6.94. The van der Waals surface area contributed by atoms with E-state index in [0.717, 1.165) is 19.3 Å². The molecule has 0 spiro atoms. The van der Waals surface area contributed by atoms with E-state index in [1.54, 1.807) is 4.90 Å². The summed E-state index contributed by atoms with van der Waals surface area (Å²) in [4.78, 5) is 24.6. The molecule has 0 aromatic heterocycles. The van der Waals surface area contributed by atoms with Gasteiger partial charge in [-0.25, -0.2) is 0 Å². The number of esters is 1. The summed E-state index contributed by atoms with van der Waals surface area (Å²) in [7, 11) is 0. The standard InChI is InChI=1S/C14H21NO5/c16-9-12-19-10-4-6-14(18)20-11-8-15-7-3-1-2-5-13(15)17/h4,8,10-11,16H,1-3,5-7,9,12H2. The van der Waals surface area contributed by atoms with Crippen LogP contribution in [0.4, 0.5) is 0 Å². The summed E-state index contributed by atoms with van der Waals surface area (Å²) in [5, 5.41) is 8.46. The predicted octanol–water partition coefficient (Wildman–Crippen LogP) is 1.32. The number of aliphatic hydroxyl groups is 1. The fraction of sp³-hybridized carbons (Fsp3) is 0.571. The number of aliphatic hydroxyl groups excluding tert-OH is 1. The van der Waals surface area contributed by atoms with Gasteiger partial charge in [-0.1, -0.05) is 6.42 Å². The highest BCUT2D eigenvalue weighted by atomic mass is 16.5. The molecule has 112 valence electrons. The predicted molar refractivity (Wildman–Crippen MR) is 72.2 cm³/mol. The van der Waals surface area contributed by atoms with Crippen LogP contribution in [0.2, 0.25) is 0 Å². The van der Waals surface area contributed by atoms with Crippen LogP contribution >= 0.6 is 0 Å². The molecule has 1 rings (SSSR count). The molecule has 1 saturated heterocycles. The smallest absolute Gasteiger partial charge is 0.314 e. The molecule has 1 heterocycles. The fourth-order valence-corrected chi connectivity index (χ4v) is 1.72. The van der Waals surface area contributed by atoms with Gasteiger partial charge >= 0.3 is 5.97 Å². The van der Waals surface area contributed by atoms with E-state index in [0.29, 0.717) is 13.0 Å². The van der Waals surface area contributed by atoms with E-state index in [4.69, 9.17) is 14.6 Å². The summed E-state index contributed by atoms with van der Waals surface area (Å²) in [5.41, 5.74) is 0. The van der Waals surface area contributed by atoms with Gasteiger partial charge in [-0.15, -0.1) is 0 Å². The molecular formula is C14H21NO5. The number of likely N-dealkylation sites (tertiary alicyclic amines) is 1. The van der Waals surface area contributed by atoms with Crippen molar-refractivity contribution in [3.8, 4) is 0 Å². The van der Waals surface area contributed by atoms with Crippen molar-refractivity contribution in [1.82, 2.24) is 4.90 Å². The first kappa shape index (κ1) is 16.2. The third-order valence-corrected chi connectivity index (χ3v) is 2.74.